The first-order valence-electron chi connectivity index (χ1n) is 7.14. The fraction of sp³-hybridized carbons (Fsp3) is 0.0526. The van der Waals surface area contributed by atoms with Crippen molar-refractivity contribution in [1.29, 1.82) is 0 Å². The van der Waals surface area contributed by atoms with Gasteiger partial charge in [-0.2, -0.15) is 0 Å². The van der Waals surface area contributed by atoms with E-state index in [-0.39, 0.29) is 0 Å². The molecule has 0 saturated carbocycles. The molecule has 0 spiro atoms. The summed E-state index contributed by atoms with van der Waals surface area (Å²) >= 11 is 12.3. The van der Waals surface area contributed by atoms with Crippen LogP contribution in [-0.2, 0) is 6.54 Å². The molecule has 0 bridgehead atoms. The Morgan fingerprint density at radius 1 is 0.727 bits per heavy atom. The molecule has 0 radical (unpaired) electrons. The number of nitrogens with zero attached hydrogens (tertiary/aromatic N) is 1. The minimum atomic E-state index is 0.663. The predicted molar refractivity (Wildman–Crippen MR) is 95.0 cm³/mol. The van der Waals surface area contributed by atoms with E-state index in [1.165, 1.54) is 21.8 Å². The van der Waals surface area contributed by atoms with Crippen LogP contribution in [0.3, 0.4) is 0 Å². The third-order valence-electron chi connectivity index (χ3n) is 4.02. The average Bonchev–Trinajstić information content (AvgIpc) is 2.85. The Balaban J connectivity index is 1.96. The van der Waals surface area contributed by atoms with E-state index in [0.29, 0.717) is 10.0 Å². The molecule has 0 aliphatic carbocycles. The van der Waals surface area contributed by atoms with Crippen LogP contribution in [0.2, 0.25) is 10.0 Å². The van der Waals surface area contributed by atoms with Crippen LogP contribution in [0.1, 0.15) is 5.56 Å². The highest BCUT2D eigenvalue weighted by Gasteiger charge is 2.11. The van der Waals surface area contributed by atoms with Crippen LogP contribution in [0.5, 0.6) is 0 Å². The zero-order valence-corrected chi connectivity index (χ0v) is 13.3. The second-order valence-corrected chi connectivity index (χ2v) is 6.20. The quantitative estimate of drug-likeness (QED) is 0.416. The fourth-order valence-electron chi connectivity index (χ4n) is 2.99. The molecule has 1 aromatic heterocycles. The van der Waals surface area contributed by atoms with Crippen LogP contribution in [0.4, 0.5) is 0 Å². The van der Waals surface area contributed by atoms with Crippen molar-refractivity contribution in [2.24, 2.45) is 0 Å². The highest BCUT2D eigenvalue weighted by atomic mass is 35.5. The van der Waals surface area contributed by atoms with E-state index in [2.05, 4.69) is 53.1 Å². The lowest BCUT2D eigenvalue weighted by molar-refractivity contribution is 0.869. The van der Waals surface area contributed by atoms with Crippen LogP contribution in [0.25, 0.3) is 21.8 Å². The molecule has 0 unspecified atom stereocenters. The molecule has 0 saturated heterocycles. The van der Waals surface area contributed by atoms with Crippen LogP contribution in [0.15, 0.2) is 66.7 Å². The Bertz CT molecular complexity index is 932. The number of fused-ring (bicyclic) bond motifs is 3. The van der Waals surface area contributed by atoms with Crippen molar-refractivity contribution in [3.05, 3.63) is 82.3 Å². The minimum absolute atomic E-state index is 0.663. The van der Waals surface area contributed by atoms with Gasteiger partial charge in [-0.3, -0.25) is 0 Å². The molecule has 4 rings (SSSR count). The molecule has 0 atom stereocenters. The van der Waals surface area contributed by atoms with Crippen molar-refractivity contribution in [2.45, 2.75) is 6.54 Å². The lowest BCUT2D eigenvalue weighted by Crippen LogP contribution is -1.99. The van der Waals surface area contributed by atoms with E-state index < -0.39 is 0 Å². The van der Waals surface area contributed by atoms with Crippen LogP contribution in [-0.4, -0.2) is 4.57 Å². The van der Waals surface area contributed by atoms with Gasteiger partial charge in [0, 0.05) is 38.4 Å². The molecule has 0 aliphatic rings. The SMILES string of the molecule is Clc1ccc(Cn2c3ccccc3c3ccccc32)c(Cl)c1. The maximum Gasteiger partial charge on any atom is 0.0496 e. The monoisotopic (exact) mass is 325 g/mol. The summed E-state index contributed by atoms with van der Waals surface area (Å²) in [6, 6.07) is 22.6. The smallest absolute Gasteiger partial charge is 0.0496 e. The van der Waals surface area contributed by atoms with Crippen molar-refractivity contribution in [1.82, 2.24) is 4.57 Å². The highest BCUT2D eigenvalue weighted by Crippen LogP contribution is 2.31. The molecule has 4 aromatic rings. The summed E-state index contributed by atoms with van der Waals surface area (Å²) in [5.41, 5.74) is 3.50. The predicted octanol–water partition coefficient (Wildman–Crippen LogP) is 6.15. The topological polar surface area (TPSA) is 4.93 Å². The Morgan fingerprint density at radius 3 is 1.91 bits per heavy atom. The lowest BCUT2D eigenvalue weighted by atomic mass is 10.2. The van der Waals surface area contributed by atoms with Crippen LogP contribution < -0.4 is 0 Å². The Hall–Kier alpha value is -1.96. The molecule has 0 aliphatic heterocycles. The summed E-state index contributed by atoms with van der Waals surface area (Å²) < 4.78 is 2.31. The maximum absolute atomic E-state index is 6.35. The zero-order chi connectivity index (χ0) is 15.1. The van der Waals surface area contributed by atoms with Crippen molar-refractivity contribution >= 4 is 45.0 Å². The summed E-state index contributed by atoms with van der Waals surface area (Å²) in [7, 11) is 0. The molecule has 1 nitrogen and oxygen atoms in total. The molecule has 0 fully saturated rings. The molecule has 0 N–H and O–H groups in total. The van der Waals surface area contributed by atoms with Crippen molar-refractivity contribution in [3.63, 3.8) is 0 Å². The molecular formula is C19H13Cl2N. The van der Waals surface area contributed by atoms with Crippen LogP contribution in [0, 0.1) is 0 Å². The number of hydrogen-bond donors (Lipinski definition) is 0. The molecule has 1 heterocycles. The van der Waals surface area contributed by atoms with Gasteiger partial charge in [0.05, 0.1) is 0 Å². The third-order valence-corrected chi connectivity index (χ3v) is 4.61. The van der Waals surface area contributed by atoms with Gasteiger partial charge in [-0.25, -0.2) is 0 Å². The summed E-state index contributed by atoms with van der Waals surface area (Å²) in [4.78, 5) is 0. The number of halogens is 2. The van der Waals surface area contributed by atoms with Gasteiger partial charge in [0.25, 0.3) is 0 Å². The van der Waals surface area contributed by atoms with E-state index in [0.717, 1.165) is 12.1 Å². The van der Waals surface area contributed by atoms with E-state index >= 15 is 0 Å². The third kappa shape index (κ3) is 2.18. The maximum atomic E-state index is 6.35. The normalized spacial score (nSPS) is 11.4. The number of aromatic nitrogens is 1. The van der Waals surface area contributed by atoms with Gasteiger partial charge in [0.15, 0.2) is 0 Å². The van der Waals surface area contributed by atoms with E-state index in [4.69, 9.17) is 23.2 Å². The molecule has 0 amide bonds. The number of rotatable bonds is 2. The van der Waals surface area contributed by atoms with Gasteiger partial charge in [-0.05, 0) is 29.8 Å². The second kappa shape index (κ2) is 5.35. The van der Waals surface area contributed by atoms with Gasteiger partial charge in [-0.1, -0.05) is 65.7 Å². The van der Waals surface area contributed by atoms with Gasteiger partial charge >= 0.3 is 0 Å². The summed E-state index contributed by atoms with van der Waals surface area (Å²) in [5, 5.41) is 3.90. The van der Waals surface area contributed by atoms with E-state index in [1.807, 2.05) is 12.1 Å². The second-order valence-electron chi connectivity index (χ2n) is 5.36. The lowest BCUT2D eigenvalue weighted by Gasteiger charge is -2.09. The van der Waals surface area contributed by atoms with Crippen molar-refractivity contribution in [2.75, 3.05) is 0 Å². The molecular weight excluding hydrogens is 313 g/mol. The standard InChI is InChI=1S/C19H13Cl2N/c20-14-10-9-13(17(21)11-14)12-22-18-7-3-1-5-15(18)16-6-2-4-8-19(16)22/h1-11H,12H2. The Kier molecular flexibility index (Phi) is 3.33. The first-order valence-corrected chi connectivity index (χ1v) is 7.89. The Morgan fingerprint density at radius 2 is 1.32 bits per heavy atom. The van der Waals surface area contributed by atoms with Crippen molar-refractivity contribution in [3.8, 4) is 0 Å². The first kappa shape index (κ1) is 13.7. The number of para-hydroxylation sites is 2. The average molecular weight is 326 g/mol. The minimum Gasteiger partial charge on any atom is -0.336 e. The number of benzene rings is 3. The highest BCUT2D eigenvalue weighted by molar-refractivity contribution is 6.35. The largest absolute Gasteiger partial charge is 0.336 e. The zero-order valence-electron chi connectivity index (χ0n) is 11.8. The summed E-state index contributed by atoms with van der Waals surface area (Å²) in [5.74, 6) is 0. The fourth-order valence-corrected chi connectivity index (χ4v) is 3.46. The molecule has 108 valence electrons. The summed E-state index contributed by atoms with van der Waals surface area (Å²) in [6.45, 7) is 0.726. The van der Waals surface area contributed by atoms with E-state index in [1.54, 1.807) is 6.07 Å². The van der Waals surface area contributed by atoms with E-state index in [9.17, 15) is 0 Å². The van der Waals surface area contributed by atoms with Gasteiger partial charge < -0.3 is 4.57 Å². The molecule has 22 heavy (non-hydrogen) atoms. The van der Waals surface area contributed by atoms with Crippen molar-refractivity contribution < 1.29 is 0 Å². The Labute approximate surface area is 138 Å². The number of hydrogen-bond acceptors (Lipinski definition) is 0. The van der Waals surface area contributed by atoms with Crippen LogP contribution >= 0.6 is 23.2 Å². The molecule has 3 heteroatoms. The van der Waals surface area contributed by atoms with Gasteiger partial charge in [0.2, 0.25) is 0 Å². The first-order chi connectivity index (χ1) is 10.7. The molecule has 3 aromatic carbocycles. The van der Waals surface area contributed by atoms with Gasteiger partial charge in [0.1, 0.15) is 0 Å². The summed E-state index contributed by atoms with van der Waals surface area (Å²) in [6.07, 6.45) is 0. The van der Waals surface area contributed by atoms with Gasteiger partial charge in [-0.15, -0.1) is 0 Å².